The molecule has 60 valence electrons. The van der Waals surface area contributed by atoms with Gasteiger partial charge < -0.3 is 5.32 Å². The summed E-state index contributed by atoms with van der Waals surface area (Å²) in [5.74, 6) is 0. The fourth-order valence-corrected chi connectivity index (χ4v) is 1.68. The number of hydrogen-bond donors (Lipinski definition) is 1. The Morgan fingerprint density at radius 1 is 1.73 bits per heavy atom. The lowest BCUT2D eigenvalue weighted by Gasteiger charge is -2.07. The third kappa shape index (κ3) is 1.46. The van der Waals surface area contributed by atoms with E-state index in [2.05, 4.69) is 26.3 Å². The zero-order chi connectivity index (χ0) is 7.68. The first-order valence-corrected chi connectivity index (χ1v) is 4.56. The van der Waals surface area contributed by atoms with Crippen LogP contribution in [0, 0.1) is 0 Å². The van der Waals surface area contributed by atoms with E-state index in [-0.39, 0.29) is 0 Å². The molecule has 0 saturated carbocycles. The van der Waals surface area contributed by atoms with Crippen molar-refractivity contribution in [2.75, 3.05) is 13.1 Å². The monoisotopic (exact) mass is 215 g/mol. The van der Waals surface area contributed by atoms with Gasteiger partial charge in [-0.3, -0.25) is 4.68 Å². The molecule has 1 saturated heterocycles. The number of hydrogen-bond acceptors (Lipinski definition) is 2. The maximum Gasteiger partial charge on any atom is 0.0656 e. The van der Waals surface area contributed by atoms with Crippen molar-refractivity contribution < 1.29 is 0 Å². The molecule has 0 radical (unpaired) electrons. The van der Waals surface area contributed by atoms with Gasteiger partial charge in [-0.25, -0.2) is 0 Å². The van der Waals surface area contributed by atoms with Gasteiger partial charge in [-0.05, 0) is 28.9 Å². The summed E-state index contributed by atoms with van der Waals surface area (Å²) in [4.78, 5) is 0. The summed E-state index contributed by atoms with van der Waals surface area (Å²) in [6.45, 7) is 2.16. The smallest absolute Gasteiger partial charge is 0.0656 e. The van der Waals surface area contributed by atoms with E-state index in [1.54, 1.807) is 0 Å². The topological polar surface area (TPSA) is 29.9 Å². The molecule has 2 rings (SSSR count). The van der Waals surface area contributed by atoms with Gasteiger partial charge in [-0.1, -0.05) is 0 Å². The summed E-state index contributed by atoms with van der Waals surface area (Å²) in [5, 5.41) is 7.53. The highest BCUT2D eigenvalue weighted by Gasteiger charge is 2.16. The van der Waals surface area contributed by atoms with Gasteiger partial charge in [0, 0.05) is 12.7 Å². The van der Waals surface area contributed by atoms with E-state index in [1.165, 1.54) is 6.42 Å². The molecule has 3 nitrogen and oxygen atoms in total. The molecule has 0 spiro atoms. The molecule has 2 heterocycles. The van der Waals surface area contributed by atoms with Crippen LogP contribution in [0.15, 0.2) is 16.9 Å². The van der Waals surface area contributed by atoms with Crippen LogP contribution in [-0.2, 0) is 0 Å². The second kappa shape index (κ2) is 2.95. The van der Waals surface area contributed by atoms with E-state index >= 15 is 0 Å². The second-order valence-electron chi connectivity index (χ2n) is 2.79. The highest BCUT2D eigenvalue weighted by molar-refractivity contribution is 9.10. The summed E-state index contributed by atoms with van der Waals surface area (Å²) in [6, 6.07) is 0.557. The summed E-state index contributed by atoms with van der Waals surface area (Å²) in [6.07, 6.45) is 5.05. The summed E-state index contributed by atoms with van der Waals surface area (Å²) >= 11 is 3.38. The fourth-order valence-electron chi connectivity index (χ4n) is 1.38. The van der Waals surface area contributed by atoms with E-state index in [4.69, 9.17) is 0 Å². The maximum absolute atomic E-state index is 4.23. The molecule has 0 aliphatic carbocycles. The molecule has 0 bridgehead atoms. The minimum absolute atomic E-state index is 0.557. The molecule has 0 amide bonds. The van der Waals surface area contributed by atoms with Crippen molar-refractivity contribution in [3.05, 3.63) is 16.9 Å². The molecule has 0 aromatic carbocycles. The second-order valence-corrected chi connectivity index (χ2v) is 3.70. The van der Waals surface area contributed by atoms with Crippen molar-refractivity contribution in [3.8, 4) is 0 Å². The molecular weight excluding hydrogens is 206 g/mol. The van der Waals surface area contributed by atoms with Gasteiger partial charge in [0.25, 0.3) is 0 Å². The molecule has 11 heavy (non-hydrogen) atoms. The van der Waals surface area contributed by atoms with E-state index in [9.17, 15) is 0 Å². The van der Waals surface area contributed by atoms with Crippen LogP contribution in [0.2, 0.25) is 0 Å². The van der Waals surface area contributed by atoms with E-state index < -0.39 is 0 Å². The summed E-state index contributed by atoms with van der Waals surface area (Å²) in [5.41, 5.74) is 0. The van der Waals surface area contributed by atoms with Crippen LogP contribution < -0.4 is 5.32 Å². The van der Waals surface area contributed by atoms with Gasteiger partial charge in [-0.15, -0.1) is 0 Å². The molecule has 1 aliphatic heterocycles. The minimum Gasteiger partial charge on any atom is -0.315 e. The Kier molecular flexibility index (Phi) is 1.96. The van der Waals surface area contributed by atoms with Gasteiger partial charge in [-0.2, -0.15) is 5.10 Å². The van der Waals surface area contributed by atoms with Crippen molar-refractivity contribution in [2.45, 2.75) is 12.5 Å². The Morgan fingerprint density at radius 3 is 3.18 bits per heavy atom. The number of nitrogens with zero attached hydrogens (tertiary/aromatic N) is 2. The van der Waals surface area contributed by atoms with E-state index in [1.807, 2.05) is 17.1 Å². The zero-order valence-corrected chi connectivity index (χ0v) is 7.71. The predicted octanol–water partition coefficient (Wildman–Crippen LogP) is 1.18. The molecule has 1 aromatic heterocycles. The van der Waals surface area contributed by atoms with Crippen LogP contribution in [0.4, 0.5) is 0 Å². The van der Waals surface area contributed by atoms with Crippen LogP contribution in [0.3, 0.4) is 0 Å². The molecule has 1 aliphatic rings. The number of rotatable bonds is 1. The average Bonchev–Trinajstić information content (AvgIpc) is 2.55. The van der Waals surface area contributed by atoms with Crippen LogP contribution >= 0.6 is 15.9 Å². The van der Waals surface area contributed by atoms with Crippen molar-refractivity contribution in [2.24, 2.45) is 0 Å². The van der Waals surface area contributed by atoms with Gasteiger partial charge in [0.05, 0.1) is 16.7 Å². The Hall–Kier alpha value is -0.350. The fraction of sp³-hybridized carbons (Fsp3) is 0.571. The average molecular weight is 216 g/mol. The van der Waals surface area contributed by atoms with Crippen molar-refractivity contribution in [1.82, 2.24) is 15.1 Å². The zero-order valence-electron chi connectivity index (χ0n) is 6.13. The molecule has 4 heteroatoms. The van der Waals surface area contributed by atoms with Gasteiger partial charge >= 0.3 is 0 Å². The van der Waals surface area contributed by atoms with E-state index in [0.717, 1.165) is 17.6 Å². The summed E-state index contributed by atoms with van der Waals surface area (Å²) < 4.78 is 3.08. The third-order valence-corrected chi connectivity index (χ3v) is 2.39. The Bertz CT molecular complexity index is 240. The van der Waals surface area contributed by atoms with Crippen LogP contribution in [0.25, 0.3) is 0 Å². The summed E-state index contributed by atoms with van der Waals surface area (Å²) in [7, 11) is 0. The number of halogens is 1. The van der Waals surface area contributed by atoms with Crippen LogP contribution in [0.5, 0.6) is 0 Å². The van der Waals surface area contributed by atoms with E-state index in [0.29, 0.717) is 6.04 Å². The standard InChI is InChI=1S/C7H10BrN3/c8-6-3-10-11(5-6)7-1-2-9-4-7/h3,5,7,9H,1-2,4H2/t7-/m1/s1. The first-order chi connectivity index (χ1) is 5.36. The molecule has 0 unspecified atom stereocenters. The first-order valence-electron chi connectivity index (χ1n) is 3.76. The first kappa shape index (κ1) is 7.31. The molecular formula is C7H10BrN3. The number of nitrogens with one attached hydrogen (secondary N) is 1. The third-order valence-electron chi connectivity index (χ3n) is 1.98. The predicted molar refractivity (Wildman–Crippen MR) is 46.5 cm³/mol. The molecule has 1 aromatic rings. The minimum atomic E-state index is 0.557. The molecule has 1 atom stereocenters. The normalized spacial score (nSPS) is 24.3. The maximum atomic E-state index is 4.23. The lowest BCUT2D eigenvalue weighted by Crippen LogP contribution is -2.13. The lowest BCUT2D eigenvalue weighted by molar-refractivity contribution is 0.490. The SMILES string of the molecule is Brc1cnn([C@@H]2CCNC2)c1. The van der Waals surface area contributed by atoms with Gasteiger partial charge in [0.15, 0.2) is 0 Å². The Balaban J connectivity index is 2.15. The number of aromatic nitrogens is 2. The highest BCUT2D eigenvalue weighted by Crippen LogP contribution is 2.16. The quantitative estimate of drug-likeness (QED) is 0.763. The van der Waals surface area contributed by atoms with Gasteiger partial charge in [0.2, 0.25) is 0 Å². The van der Waals surface area contributed by atoms with Crippen molar-refractivity contribution in [1.29, 1.82) is 0 Å². The Morgan fingerprint density at radius 2 is 2.64 bits per heavy atom. The largest absolute Gasteiger partial charge is 0.315 e. The van der Waals surface area contributed by atoms with Gasteiger partial charge in [0.1, 0.15) is 0 Å². The highest BCUT2D eigenvalue weighted by atomic mass is 79.9. The lowest BCUT2D eigenvalue weighted by atomic mass is 10.3. The van der Waals surface area contributed by atoms with Crippen LogP contribution in [0.1, 0.15) is 12.5 Å². The molecule has 1 fully saturated rings. The van der Waals surface area contributed by atoms with Crippen LogP contribution in [-0.4, -0.2) is 22.9 Å². The molecule has 1 N–H and O–H groups in total. The van der Waals surface area contributed by atoms with Crippen molar-refractivity contribution in [3.63, 3.8) is 0 Å². The Labute approximate surface area is 73.9 Å². The van der Waals surface area contributed by atoms with Crippen molar-refractivity contribution >= 4 is 15.9 Å².